The van der Waals surface area contributed by atoms with Gasteiger partial charge in [-0.15, -0.1) is 0 Å². The zero-order chi connectivity index (χ0) is 11.2. The summed E-state index contributed by atoms with van der Waals surface area (Å²) in [7, 11) is 0. The van der Waals surface area contributed by atoms with Gasteiger partial charge in [-0.25, -0.2) is 0 Å². The topological polar surface area (TPSA) is 58.4 Å². The molecule has 0 N–H and O–H groups in total. The van der Waals surface area contributed by atoms with Crippen LogP contribution in [0, 0.1) is 5.41 Å². The van der Waals surface area contributed by atoms with Crippen LogP contribution in [0.1, 0.15) is 13.8 Å². The molecule has 4 rings (SSSR count). The van der Waals surface area contributed by atoms with E-state index in [2.05, 4.69) is 17.2 Å². The van der Waals surface area contributed by atoms with E-state index in [-0.39, 0.29) is 24.3 Å². The standard InChI is InChI=1S/C9H15BN3O3.Li/c1-3-13-4-8(11-12-13)10-14-5-9(2,6-15-10)7-16-10;/h4H,3,5-7H2,1-2H3;/q-1;+1. The van der Waals surface area contributed by atoms with Crippen molar-refractivity contribution in [1.29, 1.82) is 0 Å². The molecular formula is C9H15BLiN3O3. The SMILES string of the molecule is CCn1cc([B-]23OCC(C)(CO2)CO3)nn1.[Li+]. The van der Waals surface area contributed by atoms with Crippen molar-refractivity contribution in [3.63, 3.8) is 0 Å². The van der Waals surface area contributed by atoms with Crippen LogP contribution >= 0.6 is 0 Å². The van der Waals surface area contributed by atoms with E-state index in [4.69, 9.17) is 14.0 Å². The normalized spacial score (nSPS) is 35.6. The van der Waals surface area contributed by atoms with E-state index in [0.29, 0.717) is 25.4 Å². The van der Waals surface area contributed by atoms with Gasteiger partial charge < -0.3 is 14.0 Å². The van der Waals surface area contributed by atoms with E-state index < -0.39 is 6.75 Å². The van der Waals surface area contributed by atoms with Gasteiger partial charge in [-0.1, -0.05) is 12.1 Å². The minimum Gasteiger partial charge on any atom is -0.539 e. The zero-order valence-electron chi connectivity index (χ0n) is 10.5. The van der Waals surface area contributed by atoms with Crippen LogP contribution in [0.3, 0.4) is 0 Å². The van der Waals surface area contributed by atoms with Crippen molar-refractivity contribution >= 4 is 12.3 Å². The van der Waals surface area contributed by atoms with Gasteiger partial charge in [0.25, 0.3) is 0 Å². The Kier molecular flexibility index (Phi) is 3.41. The smallest absolute Gasteiger partial charge is 0.539 e. The molecule has 0 unspecified atom stereocenters. The van der Waals surface area contributed by atoms with Gasteiger partial charge in [-0.2, -0.15) is 5.10 Å². The number of hydrogen-bond donors (Lipinski definition) is 0. The monoisotopic (exact) mass is 231 g/mol. The molecule has 0 amide bonds. The first kappa shape index (κ1) is 13.1. The van der Waals surface area contributed by atoms with Crippen molar-refractivity contribution in [2.45, 2.75) is 20.4 Å². The van der Waals surface area contributed by atoms with Crippen LogP contribution in [0.2, 0.25) is 0 Å². The van der Waals surface area contributed by atoms with Crippen LogP contribution in [0.15, 0.2) is 6.20 Å². The molecule has 17 heavy (non-hydrogen) atoms. The molecule has 3 fully saturated rings. The van der Waals surface area contributed by atoms with Crippen LogP contribution in [-0.2, 0) is 20.5 Å². The van der Waals surface area contributed by atoms with Gasteiger partial charge in [0.15, 0.2) is 0 Å². The number of nitrogens with zero attached hydrogens (tertiary/aromatic N) is 3. The predicted octanol–water partition coefficient (Wildman–Crippen LogP) is -3.47. The molecule has 6 nitrogen and oxygen atoms in total. The summed E-state index contributed by atoms with van der Waals surface area (Å²) in [6, 6.07) is 0. The third kappa shape index (κ3) is 2.07. The maximum absolute atomic E-state index is 5.71. The van der Waals surface area contributed by atoms with Gasteiger partial charge in [-0.3, -0.25) is 4.68 Å². The molecule has 3 aliphatic rings. The Balaban J connectivity index is 0.00000108. The maximum Gasteiger partial charge on any atom is 1.00 e. The third-order valence-electron chi connectivity index (χ3n) is 3.20. The Hall–Kier alpha value is -0.318. The van der Waals surface area contributed by atoms with Crippen LogP contribution in [0.4, 0.5) is 0 Å². The molecule has 4 heterocycles. The molecule has 0 aliphatic carbocycles. The van der Waals surface area contributed by atoms with Gasteiger partial charge in [0, 0.05) is 43.6 Å². The minimum atomic E-state index is -1.83. The summed E-state index contributed by atoms with van der Waals surface area (Å²) < 4.78 is 18.9. The second kappa shape index (κ2) is 4.41. The summed E-state index contributed by atoms with van der Waals surface area (Å²) in [5, 5.41) is 8.05. The molecule has 2 bridgehead atoms. The van der Waals surface area contributed by atoms with E-state index in [1.54, 1.807) is 4.68 Å². The van der Waals surface area contributed by atoms with Crippen LogP contribution in [-0.4, -0.2) is 41.6 Å². The van der Waals surface area contributed by atoms with Crippen LogP contribution in [0.5, 0.6) is 0 Å². The number of rotatable bonds is 2. The minimum absolute atomic E-state index is 0. The number of fused-ring (bicyclic) bond motifs is 3. The molecule has 0 aromatic carbocycles. The first-order valence-electron chi connectivity index (χ1n) is 5.62. The molecule has 88 valence electrons. The van der Waals surface area contributed by atoms with Gasteiger partial charge in [0.2, 0.25) is 0 Å². The molecule has 3 aliphatic heterocycles. The number of hydrogen-bond acceptors (Lipinski definition) is 5. The van der Waals surface area contributed by atoms with Crippen molar-refractivity contribution in [2.24, 2.45) is 5.41 Å². The second-order valence-electron chi connectivity index (χ2n) is 4.89. The van der Waals surface area contributed by atoms with E-state index in [1.165, 1.54) is 0 Å². The van der Waals surface area contributed by atoms with Crippen LogP contribution in [0.25, 0.3) is 0 Å². The Morgan fingerprint density at radius 1 is 1.35 bits per heavy atom. The fraction of sp³-hybridized carbons (Fsp3) is 0.778. The molecule has 1 aromatic heterocycles. The summed E-state index contributed by atoms with van der Waals surface area (Å²) in [4.78, 5) is 0. The van der Waals surface area contributed by atoms with Crippen molar-refractivity contribution < 1.29 is 32.8 Å². The zero-order valence-corrected chi connectivity index (χ0v) is 10.5. The predicted molar refractivity (Wildman–Crippen MR) is 57.0 cm³/mol. The average molecular weight is 231 g/mol. The summed E-state index contributed by atoms with van der Waals surface area (Å²) >= 11 is 0. The molecule has 0 spiro atoms. The summed E-state index contributed by atoms with van der Waals surface area (Å²) in [6.07, 6.45) is 1.83. The van der Waals surface area contributed by atoms with E-state index in [0.717, 1.165) is 6.54 Å². The number of aryl methyl sites for hydroxylation is 1. The Morgan fingerprint density at radius 2 is 1.94 bits per heavy atom. The Labute approximate surface area is 112 Å². The molecular weight excluding hydrogens is 216 g/mol. The first-order valence-corrected chi connectivity index (χ1v) is 5.62. The van der Waals surface area contributed by atoms with E-state index >= 15 is 0 Å². The molecule has 0 atom stereocenters. The Morgan fingerprint density at radius 3 is 2.41 bits per heavy atom. The summed E-state index contributed by atoms with van der Waals surface area (Å²) in [5.74, 6) is 0. The largest absolute Gasteiger partial charge is 1.00 e. The maximum atomic E-state index is 5.71. The quantitative estimate of drug-likeness (QED) is 0.495. The van der Waals surface area contributed by atoms with Crippen molar-refractivity contribution in [1.82, 2.24) is 15.0 Å². The van der Waals surface area contributed by atoms with Crippen molar-refractivity contribution in [3.8, 4) is 0 Å². The van der Waals surface area contributed by atoms with E-state index in [1.807, 2.05) is 13.1 Å². The molecule has 0 radical (unpaired) electrons. The van der Waals surface area contributed by atoms with Crippen molar-refractivity contribution in [2.75, 3.05) is 19.8 Å². The molecule has 8 heteroatoms. The summed E-state index contributed by atoms with van der Waals surface area (Å²) in [6.45, 7) is 5.02. The number of aromatic nitrogens is 3. The third-order valence-corrected chi connectivity index (χ3v) is 3.20. The molecule has 0 saturated carbocycles. The van der Waals surface area contributed by atoms with Gasteiger partial charge >= 0.3 is 25.6 Å². The fourth-order valence-corrected chi connectivity index (χ4v) is 2.09. The summed E-state index contributed by atoms with van der Waals surface area (Å²) in [5.41, 5.74) is 0.646. The molecule has 1 aromatic rings. The molecule has 3 saturated heterocycles. The van der Waals surface area contributed by atoms with Crippen LogP contribution < -0.4 is 24.5 Å². The Bertz CT molecular complexity index is 389. The first-order chi connectivity index (χ1) is 7.66. The average Bonchev–Trinajstić information content (AvgIpc) is 2.80. The fourth-order valence-electron chi connectivity index (χ4n) is 2.09. The van der Waals surface area contributed by atoms with Gasteiger partial charge in [-0.05, 0) is 6.92 Å². The van der Waals surface area contributed by atoms with E-state index in [9.17, 15) is 0 Å². The van der Waals surface area contributed by atoms with Crippen molar-refractivity contribution in [3.05, 3.63) is 6.20 Å². The van der Waals surface area contributed by atoms with Gasteiger partial charge in [0.1, 0.15) is 0 Å². The second-order valence-corrected chi connectivity index (χ2v) is 4.89. The van der Waals surface area contributed by atoms with Gasteiger partial charge in [0.05, 0.1) is 0 Å².